The highest BCUT2D eigenvalue weighted by Gasteiger charge is 2.49. The van der Waals surface area contributed by atoms with Crippen molar-refractivity contribution in [1.29, 1.82) is 0 Å². The smallest absolute Gasteiger partial charge is 0.254 e. The van der Waals surface area contributed by atoms with E-state index in [2.05, 4.69) is 0 Å². The topological polar surface area (TPSA) is 79.3 Å². The predicted octanol–water partition coefficient (Wildman–Crippen LogP) is 0.329. The molecule has 4 rings (SSSR count). The average molecular weight is 346 g/mol. The van der Waals surface area contributed by atoms with E-state index in [0.717, 1.165) is 24.2 Å². The molecule has 2 heterocycles. The van der Waals surface area contributed by atoms with Crippen LogP contribution < -0.4 is 4.74 Å². The SMILES string of the molecule is COc1ccc(C2C(C(=O)N3CC(O)C3)OCC(=O)N2C2CC2)cc1. The van der Waals surface area contributed by atoms with Crippen LogP contribution in [-0.2, 0) is 14.3 Å². The Morgan fingerprint density at radius 2 is 1.92 bits per heavy atom. The van der Waals surface area contributed by atoms with Gasteiger partial charge in [0.25, 0.3) is 5.91 Å². The van der Waals surface area contributed by atoms with Crippen molar-refractivity contribution < 1.29 is 24.2 Å². The number of hydrogen-bond acceptors (Lipinski definition) is 5. The van der Waals surface area contributed by atoms with Crippen molar-refractivity contribution in [2.75, 3.05) is 26.8 Å². The number of hydrogen-bond donors (Lipinski definition) is 1. The van der Waals surface area contributed by atoms with Gasteiger partial charge in [-0.15, -0.1) is 0 Å². The summed E-state index contributed by atoms with van der Waals surface area (Å²) in [6.45, 7) is 0.576. The van der Waals surface area contributed by atoms with Crippen molar-refractivity contribution in [2.24, 2.45) is 0 Å². The molecule has 3 fully saturated rings. The molecule has 134 valence electrons. The van der Waals surface area contributed by atoms with Gasteiger partial charge in [-0.2, -0.15) is 0 Å². The Morgan fingerprint density at radius 3 is 2.48 bits per heavy atom. The van der Waals surface area contributed by atoms with Crippen molar-refractivity contribution in [3.05, 3.63) is 29.8 Å². The van der Waals surface area contributed by atoms with E-state index in [0.29, 0.717) is 13.1 Å². The van der Waals surface area contributed by atoms with Crippen molar-refractivity contribution in [3.8, 4) is 5.75 Å². The second kappa shape index (κ2) is 6.31. The molecule has 0 aromatic heterocycles. The maximum atomic E-state index is 12.9. The van der Waals surface area contributed by atoms with Crippen LogP contribution in [0.4, 0.5) is 0 Å². The molecule has 2 aliphatic heterocycles. The molecular weight excluding hydrogens is 324 g/mol. The second-order valence-electron chi connectivity index (χ2n) is 6.88. The molecule has 2 amide bonds. The van der Waals surface area contributed by atoms with Crippen molar-refractivity contribution in [1.82, 2.24) is 9.80 Å². The number of amides is 2. The highest BCUT2D eigenvalue weighted by Crippen LogP contribution is 2.40. The highest BCUT2D eigenvalue weighted by atomic mass is 16.5. The van der Waals surface area contributed by atoms with Crippen LogP contribution in [-0.4, -0.2) is 71.8 Å². The van der Waals surface area contributed by atoms with Crippen LogP contribution >= 0.6 is 0 Å². The molecule has 0 spiro atoms. The number of carbonyl (C=O) groups is 2. The maximum absolute atomic E-state index is 12.9. The Kier molecular flexibility index (Phi) is 4.13. The van der Waals surface area contributed by atoms with Gasteiger partial charge in [0.15, 0.2) is 6.10 Å². The maximum Gasteiger partial charge on any atom is 0.254 e. The number of carbonyl (C=O) groups excluding carboxylic acids is 2. The molecule has 1 aliphatic carbocycles. The van der Waals surface area contributed by atoms with Gasteiger partial charge in [-0.05, 0) is 30.5 Å². The molecule has 2 atom stereocenters. The van der Waals surface area contributed by atoms with Gasteiger partial charge in [0.1, 0.15) is 12.4 Å². The number of aliphatic hydroxyl groups excluding tert-OH is 1. The van der Waals surface area contributed by atoms with Gasteiger partial charge in [0.05, 0.1) is 19.3 Å². The van der Waals surface area contributed by atoms with Gasteiger partial charge in [-0.1, -0.05) is 12.1 Å². The molecule has 0 bridgehead atoms. The van der Waals surface area contributed by atoms with E-state index in [1.165, 1.54) is 0 Å². The lowest BCUT2D eigenvalue weighted by Crippen LogP contribution is -2.61. The number of nitrogens with zero attached hydrogens (tertiary/aromatic N) is 2. The molecule has 7 nitrogen and oxygen atoms in total. The zero-order chi connectivity index (χ0) is 17.6. The minimum absolute atomic E-state index is 0.0731. The Balaban J connectivity index is 1.65. The fourth-order valence-corrected chi connectivity index (χ4v) is 3.57. The van der Waals surface area contributed by atoms with Gasteiger partial charge in [0, 0.05) is 19.1 Å². The number of aliphatic hydroxyl groups is 1. The molecule has 1 N–H and O–H groups in total. The minimum Gasteiger partial charge on any atom is -0.497 e. The van der Waals surface area contributed by atoms with Crippen LogP contribution in [0, 0.1) is 0 Å². The normalized spacial score (nSPS) is 27.2. The summed E-state index contributed by atoms with van der Waals surface area (Å²) in [5.74, 6) is 0.485. The molecule has 2 unspecified atom stereocenters. The Hall–Kier alpha value is -2.12. The monoisotopic (exact) mass is 346 g/mol. The summed E-state index contributed by atoms with van der Waals surface area (Å²) < 4.78 is 10.9. The zero-order valence-corrected chi connectivity index (χ0v) is 14.1. The Bertz CT molecular complexity index is 667. The summed E-state index contributed by atoms with van der Waals surface area (Å²) in [6.07, 6.45) is 0.719. The summed E-state index contributed by atoms with van der Waals surface area (Å²) in [4.78, 5) is 28.7. The first-order chi connectivity index (χ1) is 12.1. The highest BCUT2D eigenvalue weighted by molar-refractivity contribution is 5.87. The van der Waals surface area contributed by atoms with Gasteiger partial charge < -0.3 is 24.4 Å². The third-order valence-electron chi connectivity index (χ3n) is 5.08. The Morgan fingerprint density at radius 1 is 1.24 bits per heavy atom. The van der Waals surface area contributed by atoms with E-state index in [4.69, 9.17) is 9.47 Å². The Labute approximate surface area is 146 Å². The summed E-state index contributed by atoms with van der Waals surface area (Å²) in [5, 5.41) is 9.49. The van der Waals surface area contributed by atoms with Crippen LogP contribution in [0.5, 0.6) is 5.75 Å². The lowest BCUT2D eigenvalue weighted by Gasteiger charge is -2.45. The van der Waals surface area contributed by atoms with Crippen molar-refractivity contribution >= 4 is 11.8 Å². The number of methoxy groups -OCH3 is 1. The van der Waals surface area contributed by atoms with E-state index in [9.17, 15) is 14.7 Å². The summed E-state index contributed by atoms with van der Waals surface area (Å²) >= 11 is 0. The second-order valence-corrected chi connectivity index (χ2v) is 6.88. The van der Waals surface area contributed by atoms with Crippen LogP contribution in [0.3, 0.4) is 0 Å². The zero-order valence-electron chi connectivity index (χ0n) is 14.1. The third-order valence-corrected chi connectivity index (χ3v) is 5.08. The first-order valence-electron chi connectivity index (χ1n) is 8.62. The van der Waals surface area contributed by atoms with Crippen molar-refractivity contribution in [2.45, 2.75) is 37.1 Å². The molecule has 25 heavy (non-hydrogen) atoms. The van der Waals surface area contributed by atoms with Crippen LogP contribution in [0.15, 0.2) is 24.3 Å². The molecule has 0 radical (unpaired) electrons. The molecule has 1 aromatic carbocycles. The van der Waals surface area contributed by atoms with Crippen LogP contribution in [0.25, 0.3) is 0 Å². The summed E-state index contributed by atoms with van der Waals surface area (Å²) in [7, 11) is 1.60. The van der Waals surface area contributed by atoms with Gasteiger partial charge in [0.2, 0.25) is 5.91 Å². The van der Waals surface area contributed by atoms with Gasteiger partial charge in [-0.25, -0.2) is 0 Å². The largest absolute Gasteiger partial charge is 0.497 e. The predicted molar refractivity (Wildman–Crippen MR) is 87.9 cm³/mol. The third kappa shape index (κ3) is 2.98. The lowest BCUT2D eigenvalue weighted by molar-refractivity contribution is -0.175. The van der Waals surface area contributed by atoms with E-state index in [1.54, 1.807) is 12.0 Å². The number of β-amino-alcohol motifs (C(OH)–C–C–N with tert-alkyl or cyclic N) is 1. The van der Waals surface area contributed by atoms with Crippen molar-refractivity contribution in [3.63, 3.8) is 0 Å². The fraction of sp³-hybridized carbons (Fsp3) is 0.556. The molecule has 2 saturated heterocycles. The van der Waals surface area contributed by atoms with E-state index in [1.807, 2.05) is 29.2 Å². The number of morpholine rings is 1. The number of benzene rings is 1. The lowest BCUT2D eigenvalue weighted by atomic mass is 9.95. The van der Waals surface area contributed by atoms with Gasteiger partial charge in [-0.3, -0.25) is 9.59 Å². The standard InChI is InChI=1S/C18H22N2O5/c1-24-14-6-2-11(3-7-14)16-17(18(23)19-8-13(21)9-19)25-10-15(22)20(16)12-4-5-12/h2-3,6-7,12-13,16-17,21H,4-5,8-10H2,1H3. The van der Waals surface area contributed by atoms with E-state index >= 15 is 0 Å². The summed E-state index contributed by atoms with van der Waals surface area (Å²) in [6, 6.07) is 7.16. The molecular formula is C18H22N2O5. The van der Waals surface area contributed by atoms with E-state index < -0.39 is 18.2 Å². The summed E-state index contributed by atoms with van der Waals surface area (Å²) in [5.41, 5.74) is 0.861. The van der Waals surface area contributed by atoms with Crippen LogP contribution in [0.1, 0.15) is 24.4 Å². The molecule has 7 heteroatoms. The first kappa shape index (κ1) is 16.4. The van der Waals surface area contributed by atoms with Crippen LogP contribution in [0.2, 0.25) is 0 Å². The number of rotatable bonds is 4. The average Bonchev–Trinajstić information content (AvgIpc) is 3.43. The van der Waals surface area contributed by atoms with E-state index in [-0.39, 0.29) is 24.5 Å². The molecule has 1 aromatic rings. The molecule has 1 saturated carbocycles. The minimum atomic E-state index is -0.737. The molecule has 3 aliphatic rings. The number of ether oxygens (including phenoxy) is 2. The quantitative estimate of drug-likeness (QED) is 0.850. The first-order valence-corrected chi connectivity index (χ1v) is 8.62. The van der Waals surface area contributed by atoms with Gasteiger partial charge >= 0.3 is 0 Å². The number of likely N-dealkylation sites (tertiary alicyclic amines) is 1. The fourth-order valence-electron chi connectivity index (χ4n) is 3.57.